The van der Waals surface area contributed by atoms with Gasteiger partial charge >= 0.3 is 0 Å². The Morgan fingerprint density at radius 3 is 2.15 bits per heavy atom. The minimum atomic E-state index is -3.57. The number of hydrogen-bond acceptors (Lipinski definition) is 4. The monoisotopic (exact) mass is 509 g/mol. The van der Waals surface area contributed by atoms with Crippen molar-refractivity contribution in [2.45, 2.75) is 38.0 Å². The minimum Gasteiger partial charge on any atom is -0.372 e. The number of benzene rings is 2. The number of piperidine rings is 1. The molecule has 2 saturated heterocycles. The third-order valence-electron chi connectivity index (χ3n) is 6.48. The maximum absolute atomic E-state index is 12.9. The Hall–Kier alpha value is -1.80. The van der Waals surface area contributed by atoms with Gasteiger partial charge in [-0.3, -0.25) is 4.79 Å². The van der Waals surface area contributed by atoms with E-state index >= 15 is 0 Å². The number of hydrogen-bond donors (Lipinski definition) is 1. The second-order valence-electron chi connectivity index (χ2n) is 8.71. The molecule has 0 aliphatic carbocycles. The quantitative estimate of drug-likeness (QED) is 0.598. The highest BCUT2D eigenvalue weighted by Gasteiger charge is 2.32. The summed E-state index contributed by atoms with van der Waals surface area (Å²) in [6, 6.07) is 13.3. The molecular formula is C24H29Cl2N3O3S. The van der Waals surface area contributed by atoms with Crippen LogP contribution in [0.1, 0.15) is 36.8 Å². The molecule has 4 rings (SSSR count). The first kappa shape index (κ1) is 24.3. The SMILES string of the molecule is O=C(NCc1ccc(N2CCCC2)cc1)C1CCN(S(=O)(=O)Cc2c(Cl)cccc2Cl)CC1. The molecule has 0 bridgehead atoms. The third-order valence-corrected chi connectivity index (χ3v) is 8.99. The van der Waals surface area contributed by atoms with E-state index in [-0.39, 0.29) is 17.6 Å². The van der Waals surface area contributed by atoms with E-state index in [1.165, 1.54) is 22.8 Å². The van der Waals surface area contributed by atoms with Crippen molar-refractivity contribution in [1.82, 2.24) is 9.62 Å². The van der Waals surface area contributed by atoms with E-state index in [2.05, 4.69) is 34.5 Å². The third kappa shape index (κ3) is 6.01. The Morgan fingerprint density at radius 2 is 1.55 bits per heavy atom. The first-order valence-electron chi connectivity index (χ1n) is 11.4. The zero-order chi connectivity index (χ0) is 23.4. The molecule has 1 N–H and O–H groups in total. The summed E-state index contributed by atoms with van der Waals surface area (Å²) in [5.41, 5.74) is 2.70. The van der Waals surface area contributed by atoms with Crippen LogP contribution in [0, 0.1) is 5.92 Å². The van der Waals surface area contributed by atoms with Crippen molar-refractivity contribution >= 4 is 44.8 Å². The van der Waals surface area contributed by atoms with E-state index in [4.69, 9.17) is 23.2 Å². The van der Waals surface area contributed by atoms with E-state index in [1.807, 2.05) is 0 Å². The fraction of sp³-hybridized carbons (Fsp3) is 0.458. The van der Waals surface area contributed by atoms with Gasteiger partial charge in [0.1, 0.15) is 0 Å². The lowest BCUT2D eigenvalue weighted by atomic mass is 9.97. The van der Waals surface area contributed by atoms with Crippen molar-refractivity contribution in [2.24, 2.45) is 5.92 Å². The molecule has 2 aromatic rings. The predicted molar refractivity (Wildman–Crippen MR) is 133 cm³/mol. The van der Waals surface area contributed by atoms with Gasteiger partial charge in [0.2, 0.25) is 15.9 Å². The summed E-state index contributed by atoms with van der Waals surface area (Å²) >= 11 is 12.3. The van der Waals surface area contributed by atoms with Crippen LogP contribution in [0.4, 0.5) is 5.69 Å². The number of rotatable bonds is 7. The van der Waals surface area contributed by atoms with E-state index < -0.39 is 10.0 Å². The predicted octanol–water partition coefficient (Wildman–Crippen LogP) is 4.45. The number of carbonyl (C=O) groups excluding carboxylic acids is 1. The van der Waals surface area contributed by atoms with E-state index in [9.17, 15) is 13.2 Å². The van der Waals surface area contributed by atoms with Gasteiger partial charge in [-0.05, 0) is 55.5 Å². The van der Waals surface area contributed by atoms with Crippen molar-refractivity contribution in [3.05, 3.63) is 63.6 Å². The zero-order valence-corrected chi connectivity index (χ0v) is 20.8. The molecule has 0 unspecified atom stereocenters. The van der Waals surface area contributed by atoms with Crippen LogP contribution in [-0.4, -0.2) is 44.8 Å². The van der Waals surface area contributed by atoms with E-state index in [0.29, 0.717) is 48.1 Å². The van der Waals surface area contributed by atoms with Crippen molar-refractivity contribution in [2.75, 3.05) is 31.1 Å². The standard InChI is InChI=1S/C24H29Cl2N3O3S/c25-22-4-3-5-23(26)21(22)17-33(31,32)29-14-10-19(11-15-29)24(30)27-16-18-6-8-20(9-7-18)28-12-1-2-13-28/h3-9,19H,1-2,10-17H2,(H,27,30). The number of sulfonamides is 1. The van der Waals surface area contributed by atoms with Crippen LogP contribution in [0.15, 0.2) is 42.5 Å². The van der Waals surface area contributed by atoms with Crippen LogP contribution >= 0.6 is 23.2 Å². The first-order valence-corrected chi connectivity index (χ1v) is 13.7. The largest absolute Gasteiger partial charge is 0.372 e. The number of anilines is 1. The summed E-state index contributed by atoms with van der Waals surface area (Å²) < 4.78 is 27.2. The summed E-state index contributed by atoms with van der Waals surface area (Å²) in [7, 11) is -3.57. The number of nitrogens with one attached hydrogen (secondary N) is 1. The molecule has 0 aromatic heterocycles. The van der Waals surface area contributed by atoms with Gasteiger partial charge < -0.3 is 10.2 Å². The highest BCUT2D eigenvalue weighted by Crippen LogP contribution is 2.29. The number of amides is 1. The summed E-state index contributed by atoms with van der Waals surface area (Å²) in [6.45, 7) is 3.31. The lowest BCUT2D eigenvalue weighted by molar-refractivity contribution is -0.126. The van der Waals surface area contributed by atoms with Crippen LogP contribution in [0.2, 0.25) is 10.0 Å². The van der Waals surface area contributed by atoms with Crippen LogP contribution in [0.3, 0.4) is 0 Å². The van der Waals surface area contributed by atoms with Crippen molar-refractivity contribution in [1.29, 1.82) is 0 Å². The zero-order valence-electron chi connectivity index (χ0n) is 18.5. The van der Waals surface area contributed by atoms with Gasteiger partial charge in [-0.1, -0.05) is 41.4 Å². The molecule has 178 valence electrons. The lowest BCUT2D eigenvalue weighted by Gasteiger charge is -2.30. The molecule has 2 aliphatic rings. The number of halogens is 2. The van der Waals surface area contributed by atoms with Gasteiger partial charge in [-0.25, -0.2) is 12.7 Å². The van der Waals surface area contributed by atoms with Crippen molar-refractivity contribution < 1.29 is 13.2 Å². The summed E-state index contributed by atoms with van der Waals surface area (Å²) in [5, 5.41) is 3.69. The molecule has 0 radical (unpaired) electrons. The normalized spacial score (nSPS) is 17.9. The molecule has 0 atom stereocenters. The van der Waals surface area contributed by atoms with Gasteiger partial charge in [0.05, 0.1) is 5.75 Å². The maximum Gasteiger partial charge on any atom is 0.223 e. The second kappa shape index (κ2) is 10.6. The Bertz CT molecular complexity index is 1060. The van der Waals surface area contributed by atoms with Crippen molar-refractivity contribution in [3.63, 3.8) is 0 Å². The molecule has 0 saturated carbocycles. The summed E-state index contributed by atoms with van der Waals surface area (Å²) in [5.74, 6) is -0.454. The molecular weight excluding hydrogens is 481 g/mol. The van der Waals surface area contributed by atoms with Crippen LogP contribution < -0.4 is 10.2 Å². The molecule has 0 spiro atoms. The van der Waals surface area contributed by atoms with Crippen molar-refractivity contribution in [3.8, 4) is 0 Å². The molecule has 9 heteroatoms. The van der Waals surface area contributed by atoms with Gasteiger partial charge in [0.15, 0.2) is 0 Å². The fourth-order valence-electron chi connectivity index (χ4n) is 4.47. The summed E-state index contributed by atoms with van der Waals surface area (Å²) in [4.78, 5) is 15.0. The van der Waals surface area contributed by atoms with E-state index in [1.54, 1.807) is 18.2 Å². The van der Waals surface area contributed by atoms with Crippen LogP contribution in [-0.2, 0) is 27.1 Å². The van der Waals surface area contributed by atoms with E-state index in [0.717, 1.165) is 18.7 Å². The van der Waals surface area contributed by atoms with Gasteiger partial charge in [0, 0.05) is 59.9 Å². The molecule has 33 heavy (non-hydrogen) atoms. The average molecular weight is 510 g/mol. The summed E-state index contributed by atoms with van der Waals surface area (Å²) in [6.07, 6.45) is 3.47. The van der Waals surface area contributed by atoms with Gasteiger partial charge in [-0.2, -0.15) is 0 Å². The smallest absolute Gasteiger partial charge is 0.223 e. The molecule has 6 nitrogen and oxygen atoms in total. The lowest BCUT2D eigenvalue weighted by Crippen LogP contribution is -2.43. The van der Waals surface area contributed by atoms with Gasteiger partial charge in [-0.15, -0.1) is 0 Å². The Balaban J connectivity index is 1.26. The topological polar surface area (TPSA) is 69.7 Å². The second-order valence-corrected chi connectivity index (χ2v) is 11.5. The Morgan fingerprint density at radius 1 is 0.939 bits per heavy atom. The molecule has 2 aromatic carbocycles. The average Bonchev–Trinajstić information content (AvgIpc) is 3.35. The molecule has 2 aliphatic heterocycles. The number of carbonyl (C=O) groups is 1. The van der Waals surface area contributed by atoms with Crippen LogP contribution in [0.5, 0.6) is 0 Å². The fourth-order valence-corrected chi connectivity index (χ4v) is 6.79. The highest BCUT2D eigenvalue weighted by molar-refractivity contribution is 7.88. The van der Waals surface area contributed by atoms with Crippen LogP contribution in [0.25, 0.3) is 0 Å². The number of nitrogens with zero attached hydrogens (tertiary/aromatic N) is 2. The molecule has 2 heterocycles. The maximum atomic E-state index is 12.9. The minimum absolute atomic E-state index is 0.0233. The molecule has 2 fully saturated rings. The Kier molecular flexibility index (Phi) is 7.84. The van der Waals surface area contributed by atoms with Gasteiger partial charge in [0.25, 0.3) is 0 Å². The Labute approximate surface area is 205 Å². The molecule has 1 amide bonds. The first-order chi connectivity index (χ1) is 15.8. The highest BCUT2D eigenvalue weighted by atomic mass is 35.5.